The standard InChI is InChI=1S/C17H28BrN3/c1-13(2)19-10-15-9-16(18)5-6-17(15)21(4)12-14-7-8-20(3)11-14/h5-6,9,13-14,19H,7-8,10-12H2,1-4H3. The summed E-state index contributed by atoms with van der Waals surface area (Å²) >= 11 is 3.60. The summed E-state index contributed by atoms with van der Waals surface area (Å²) in [5, 5.41) is 3.53. The third kappa shape index (κ3) is 4.97. The summed E-state index contributed by atoms with van der Waals surface area (Å²) in [7, 11) is 4.44. The normalized spacial score (nSPS) is 19.4. The molecule has 1 saturated heterocycles. The van der Waals surface area contributed by atoms with Gasteiger partial charge < -0.3 is 15.1 Å². The summed E-state index contributed by atoms with van der Waals surface area (Å²) in [5.41, 5.74) is 2.72. The van der Waals surface area contributed by atoms with Crippen molar-refractivity contribution in [2.24, 2.45) is 5.92 Å². The molecule has 0 aromatic heterocycles. The van der Waals surface area contributed by atoms with E-state index < -0.39 is 0 Å². The quantitative estimate of drug-likeness (QED) is 0.845. The van der Waals surface area contributed by atoms with Gasteiger partial charge >= 0.3 is 0 Å². The van der Waals surface area contributed by atoms with Crippen LogP contribution in [0, 0.1) is 5.92 Å². The largest absolute Gasteiger partial charge is 0.374 e. The predicted octanol–water partition coefficient (Wildman–Crippen LogP) is 3.34. The second-order valence-corrected chi connectivity index (χ2v) is 7.52. The Morgan fingerprint density at radius 1 is 1.43 bits per heavy atom. The van der Waals surface area contributed by atoms with Gasteiger partial charge in [0.15, 0.2) is 0 Å². The van der Waals surface area contributed by atoms with E-state index >= 15 is 0 Å². The third-order valence-electron chi connectivity index (χ3n) is 4.17. The van der Waals surface area contributed by atoms with Crippen molar-refractivity contribution in [3.63, 3.8) is 0 Å². The molecule has 0 radical (unpaired) electrons. The first kappa shape index (κ1) is 16.8. The number of rotatable bonds is 6. The van der Waals surface area contributed by atoms with Gasteiger partial charge in [0.25, 0.3) is 0 Å². The van der Waals surface area contributed by atoms with Crippen LogP contribution in [-0.4, -0.2) is 44.7 Å². The molecule has 3 nitrogen and oxygen atoms in total. The van der Waals surface area contributed by atoms with Crippen molar-refractivity contribution in [3.05, 3.63) is 28.2 Å². The van der Waals surface area contributed by atoms with Crippen LogP contribution in [0.15, 0.2) is 22.7 Å². The number of hydrogen-bond donors (Lipinski definition) is 1. The molecule has 1 unspecified atom stereocenters. The molecule has 1 atom stereocenters. The molecule has 1 aromatic rings. The van der Waals surface area contributed by atoms with Crippen LogP contribution in [0.25, 0.3) is 0 Å². The van der Waals surface area contributed by atoms with Gasteiger partial charge in [-0.2, -0.15) is 0 Å². The average molecular weight is 354 g/mol. The van der Waals surface area contributed by atoms with Crippen molar-refractivity contribution >= 4 is 21.6 Å². The molecule has 1 N–H and O–H groups in total. The van der Waals surface area contributed by atoms with Crippen LogP contribution in [0.4, 0.5) is 5.69 Å². The maximum Gasteiger partial charge on any atom is 0.0410 e. The zero-order valence-corrected chi connectivity index (χ0v) is 15.3. The average Bonchev–Trinajstić information content (AvgIpc) is 2.81. The second-order valence-electron chi connectivity index (χ2n) is 6.61. The van der Waals surface area contributed by atoms with Crippen LogP contribution in [0.3, 0.4) is 0 Å². The molecule has 0 bridgehead atoms. The van der Waals surface area contributed by atoms with Gasteiger partial charge in [-0.3, -0.25) is 0 Å². The van der Waals surface area contributed by atoms with Crippen LogP contribution < -0.4 is 10.2 Å². The lowest BCUT2D eigenvalue weighted by molar-refractivity contribution is 0.396. The maximum atomic E-state index is 3.60. The molecule has 1 fully saturated rings. The smallest absolute Gasteiger partial charge is 0.0410 e. The molecule has 2 rings (SSSR count). The summed E-state index contributed by atoms with van der Waals surface area (Å²) in [6.45, 7) is 8.90. The molecule has 1 aromatic carbocycles. The lowest BCUT2D eigenvalue weighted by Crippen LogP contribution is -2.29. The highest BCUT2D eigenvalue weighted by atomic mass is 79.9. The lowest BCUT2D eigenvalue weighted by atomic mass is 10.1. The van der Waals surface area contributed by atoms with Crippen LogP contribution in [0.2, 0.25) is 0 Å². The van der Waals surface area contributed by atoms with Crippen molar-refractivity contribution in [1.82, 2.24) is 10.2 Å². The summed E-state index contributed by atoms with van der Waals surface area (Å²) in [5.74, 6) is 0.787. The van der Waals surface area contributed by atoms with Crippen LogP contribution in [0.1, 0.15) is 25.8 Å². The van der Waals surface area contributed by atoms with E-state index in [2.05, 4.69) is 77.2 Å². The van der Waals surface area contributed by atoms with Gasteiger partial charge in [-0.25, -0.2) is 0 Å². The van der Waals surface area contributed by atoms with E-state index in [4.69, 9.17) is 0 Å². The number of anilines is 1. The van der Waals surface area contributed by atoms with Crippen LogP contribution in [0.5, 0.6) is 0 Å². The fourth-order valence-electron chi connectivity index (χ4n) is 3.04. The van der Waals surface area contributed by atoms with E-state index in [1.165, 1.54) is 30.8 Å². The van der Waals surface area contributed by atoms with E-state index in [9.17, 15) is 0 Å². The third-order valence-corrected chi connectivity index (χ3v) is 4.67. The molecule has 0 saturated carbocycles. The molecule has 0 aliphatic carbocycles. The molecule has 118 valence electrons. The number of likely N-dealkylation sites (tertiary alicyclic amines) is 1. The Balaban J connectivity index is 2.06. The van der Waals surface area contributed by atoms with E-state index in [-0.39, 0.29) is 0 Å². The highest BCUT2D eigenvalue weighted by Gasteiger charge is 2.21. The van der Waals surface area contributed by atoms with Crippen molar-refractivity contribution in [2.75, 3.05) is 38.6 Å². The van der Waals surface area contributed by atoms with Crippen molar-refractivity contribution in [2.45, 2.75) is 32.9 Å². The Morgan fingerprint density at radius 2 is 2.19 bits per heavy atom. The van der Waals surface area contributed by atoms with Crippen LogP contribution >= 0.6 is 15.9 Å². The van der Waals surface area contributed by atoms with Gasteiger partial charge in [0.05, 0.1) is 0 Å². The molecule has 21 heavy (non-hydrogen) atoms. The topological polar surface area (TPSA) is 18.5 Å². The summed E-state index contributed by atoms with van der Waals surface area (Å²) in [6.07, 6.45) is 1.32. The number of halogens is 1. The number of nitrogens with zero attached hydrogens (tertiary/aromatic N) is 2. The fourth-order valence-corrected chi connectivity index (χ4v) is 3.45. The Labute approximate surface area is 137 Å². The minimum atomic E-state index is 0.505. The van der Waals surface area contributed by atoms with Gasteiger partial charge in [-0.05, 0) is 49.7 Å². The van der Waals surface area contributed by atoms with Gasteiger partial charge in [-0.15, -0.1) is 0 Å². The zero-order valence-electron chi connectivity index (χ0n) is 13.7. The first-order valence-corrected chi connectivity index (χ1v) is 8.66. The minimum Gasteiger partial charge on any atom is -0.374 e. The van der Waals surface area contributed by atoms with Crippen molar-refractivity contribution in [1.29, 1.82) is 0 Å². The summed E-state index contributed by atoms with van der Waals surface area (Å²) < 4.78 is 1.15. The molecule has 0 spiro atoms. The van der Waals surface area contributed by atoms with Crippen molar-refractivity contribution < 1.29 is 0 Å². The Hall–Kier alpha value is -0.580. The molecule has 1 aliphatic heterocycles. The Bertz CT molecular complexity index is 461. The molecular formula is C17H28BrN3. The SMILES string of the molecule is CC(C)NCc1cc(Br)ccc1N(C)CC1CCN(C)C1. The fraction of sp³-hybridized carbons (Fsp3) is 0.647. The number of hydrogen-bond acceptors (Lipinski definition) is 3. The number of benzene rings is 1. The number of nitrogens with one attached hydrogen (secondary N) is 1. The Morgan fingerprint density at radius 3 is 2.81 bits per heavy atom. The van der Waals surface area contributed by atoms with E-state index in [1.54, 1.807) is 0 Å². The van der Waals surface area contributed by atoms with E-state index in [0.29, 0.717) is 6.04 Å². The highest BCUT2D eigenvalue weighted by molar-refractivity contribution is 9.10. The molecule has 0 amide bonds. The van der Waals surface area contributed by atoms with E-state index in [0.717, 1.165) is 23.5 Å². The Kier molecular flexibility index (Phi) is 6.08. The second kappa shape index (κ2) is 7.61. The van der Waals surface area contributed by atoms with Crippen LogP contribution in [-0.2, 0) is 6.54 Å². The van der Waals surface area contributed by atoms with Crippen molar-refractivity contribution in [3.8, 4) is 0 Å². The highest BCUT2D eigenvalue weighted by Crippen LogP contribution is 2.26. The first-order valence-electron chi connectivity index (χ1n) is 7.87. The molecular weight excluding hydrogens is 326 g/mol. The molecule has 4 heteroatoms. The maximum absolute atomic E-state index is 3.60. The van der Waals surface area contributed by atoms with Gasteiger partial charge in [0.1, 0.15) is 0 Å². The summed E-state index contributed by atoms with van der Waals surface area (Å²) in [4.78, 5) is 4.86. The zero-order chi connectivity index (χ0) is 15.4. The van der Waals surface area contributed by atoms with E-state index in [1.807, 2.05) is 0 Å². The monoisotopic (exact) mass is 353 g/mol. The van der Waals surface area contributed by atoms with Gasteiger partial charge in [0, 0.05) is 42.9 Å². The first-order chi connectivity index (χ1) is 9.95. The minimum absolute atomic E-state index is 0.505. The molecule has 1 aliphatic rings. The lowest BCUT2D eigenvalue weighted by Gasteiger charge is -2.26. The van der Waals surface area contributed by atoms with Gasteiger partial charge in [-0.1, -0.05) is 29.8 Å². The molecule has 1 heterocycles. The predicted molar refractivity (Wildman–Crippen MR) is 95.0 cm³/mol. The summed E-state index contributed by atoms with van der Waals surface area (Å²) in [6, 6.07) is 7.12. The van der Waals surface area contributed by atoms with Gasteiger partial charge in [0.2, 0.25) is 0 Å².